The van der Waals surface area contributed by atoms with Crippen LogP contribution < -0.4 is 10.6 Å². The van der Waals surface area contributed by atoms with Crippen LogP contribution in [0.2, 0.25) is 0 Å². The van der Waals surface area contributed by atoms with E-state index in [-0.39, 0.29) is 0 Å². The summed E-state index contributed by atoms with van der Waals surface area (Å²) in [7, 11) is 0. The molecule has 1 heterocycles. The van der Waals surface area contributed by atoms with Crippen molar-refractivity contribution < 1.29 is 14.6 Å². The number of alkyl halides is 1. The number of aliphatic hydroxyl groups excluding tert-OH is 1. The van der Waals surface area contributed by atoms with E-state index in [0.717, 1.165) is 58.6 Å². The lowest BCUT2D eigenvalue weighted by Gasteiger charge is -2.27. The predicted octanol–water partition coefficient (Wildman–Crippen LogP) is 1.48. The number of hydrogen-bond acceptors (Lipinski definition) is 5. The Kier molecular flexibility index (Phi) is 12.5. The maximum absolute atomic E-state index is 9.24. The first-order chi connectivity index (χ1) is 10.3. The highest BCUT2D eigenvalue weighted by atomic mass is 35.5. The van der Waals surface area contributed by atoms with Crippen LogP contribution in [-0.2, 0) is 9.47 Å². The molecule has 1 fully saturated rings. The zero-order valence-electron chi connectivity index (χ0n) is 13.0. The summed E-state index contributed by atoms with van der Waals surface area (Å²) < 4.78 is 10.9. The number of unbranched alkanes of at least 4 members (excludes halogenated alkanes) is 3. The molecule has 1 rings (SSSR count). The molecule has 126 valence electrons. The molecular weight excluding hydrogens is 292 g/mol. The molecule has 0 aliphatic carbocycles. The Hall–Kier alpha value is 0.0900. The molecule has 0 aromatic heterocycles. The molecule has 0 bridgehead atoms. The van der Waals surface area contributed by atoms with Gasteiger partial charge in [0.2, 0.25) is 0 Å². The highest BCUT2D eigenvalue weighted by Gasteiger charge is 2.15. The molecule has 0 radical (unpaired) electrons. The SMILES string of the molecule is OC(CCl)CNCCCCOCCCCCNC1CCO1. The standard InChI is InChI=1S/C15H31ClN2O3/c16-12-14(19)13-17-7-3-5-10-20-9-4-1-2-8-18-15-6-11-21-15/h14-15,17-19H,1-13H2. The van der Waals surface area contributed by atoms with Gasteiger partial charge in [-0.15, -0.1) is 11.6 Å². The topological polar surface area (TPSA) is 62.8 Å². The molecule has 2 unspecified atom stereocenters. The molecule has 6 heteroatoms. The van der Waals surface area contributed by atoms with Crippen molar-refractivity contribution >= 4 is 11.6 Å². The van der Waals surface area contributed by atoms with Crippen molar-refractivity contribution in [2.75, 3.05) is 45.3 Å². The van der Waals surface area contributed by atoms with E-state index in [1.54, 1.807) is 0 Å². The second-order valence-corrected chi connectivity index (χ2v) is 5.80. The second-order valence-electron chi connectivity index (χ2n) is 5.49. The molecular formula is C15H31ClN2O3. The summed E-state index contributed by atoms with van der Waals surface area (Å²) in [4.78, 5) is 0. The Morgan fingerprint density at radius 3 is 2.52 bits per heavy atom. The fourth-order valence-electron chi connectivity index (χ4n) is 2.05. The predicted molar refractivity (Wildman–Crippen MR) is 85.9 cm³/mol. The molecule has 21 heavy (non-hydrogen) atoms. The molecule has 1 aliphatic heterocycles. The molecule has 1 aliphatic rings. The van der Waals surface area contributed by atoms with E-state index in [2.05, 4.69) is 10.6 Å². The van der Waals surface area contributed by atoms with Crippen molar-refractivity contribution in [1.82, 2.24) is 10.6 Å². The van der Waals surface area contributed by atoms with Gasteiger partial charge < -0.3 is 19.9 Å². The molecule has 1 saturated heterocycles. The molecule has 0 aromatic rings. The van der Waals surface area contributed by atoms with E-state index in [9.17, 15) is 5.11 Å². The van der Waals surface area contributed by atoms with Gasteiger partial charge in [-0.25, -0.2) is 0 Å². The molecule has 0 aromatic carbocycles. The first kappa shape index (κ1) is 19.1. The minimum Gasteiger partial charge on any atom is -0.391 e. The lowest BCUT2D eigenvalue weighted by atomic mass is 10.2. The van der Waals surface area contributed by atoms with Crippen LogP contribution >= 0.6 is 11.6 Å². The average molecular weight is 323 g/mol. The number of nitrogens with one attached hydrogen (secondary N) is 2. The minimum absolute atomic E-state index is 0.291. The van der Waals surface area contributed by atoms with Crippen molar-refractivity contribution in [2.24, 2.45) is 0 Å². The molecule has 0 amide bonds. The first-order valence-electron chi connectivity index (χ1n) is 8.20. The van der Waals surface area contributed by atoms with E-state index in [1.165, 1.54) is 12.8 Å². The Morgan fingerprint density at radius 1 is 1.14 bits per heavy atom. The van der Waals surface area contributed by atoms with Crippen molar-refractivity contribution in [3.63, 3.8) is 0 Å². The van der Waals surface area contributed by atoms with E-state index < -0.39 is 6.10 Å². The van der Waals surface area contributed by atoms with Crippen molar-refractivity contribution in [2.45, 2.75) is 50.9 Å². The van der Waals surface area contributed by atoms with Crippen molar-refractivity contribution in [3.05, 3.63) is 0 Å². The molecule has 0 spiro atoms. The summed E-state index contributed by atoms with van der Waals surface area (Å²) >= 11 is 5.50. The highest BCUT2D eigenvalue weighted by Crippen LogP contribution is 2.07. The maximum Gasteiger partial charge on any atom is 0.110 e. The van der Waals surface area contributed by atoms with E-state index in [1.807, 2.05) is 0 Å². The fourth-order valence-corrected chi connectivity index (χ4v) is 2.15. The largest absolute Gasteiger partial charge is 0.391 e. The number of rotatable bonds is 15. The molecule has 5 nitrogen and oxygen atoms in total. The van der Waals surface area contributed by atoms with Crippen LogP contribution in [0.5, 0.6) is 0 Å². The third-order valence-electron chi connectivity index (χ3n) is 3.49. The molecule has 3 N–H and O–H groups in total. The van der Waals surface area contributed by atoms with Crippen LogP contribution in [0.15, 0.2) is 0 Å². The van der Waals surface area contributed by atoms with Crippen molar-refractivity contribution in [3.8, 4) is 0 Å². The Balaban J connectivity index is 1.65. The van der Waals surface area contributed by atoms with E-state index >= 15 is 0 Å². The fraction of sp³-hybridized carbons (Fsp3) is 1.00. The molecule has 2 atom stereocenters. The Morgan fingerprint density at radius 2 is 1.86 bits per heavy atom. The van der Waals surface area contributed by atoms with Gasteiger partial charge in [0.1, 0.15) is 6.23 Å². The number of aliphatic hydroxyl groups is 1. The number of ether oxygens (including phenoxy) is 2. The number of halogens is 1. The number of hydrogen-bond donors (Lipinski definition) is 3. The van der Waals surface area contributed by atoms with Crippen LogP contribution in [0.1, 0.15) is 38.5 Å². The summed E-state index contributed by atoms with van der Waals surface area (Å²) in [6, 6.07) is 0. The normalized spacial score (nSPS) is 19.4. The van der Waals surface area contributed by atoms with Gasteiger partial charge in [0.25, 0.3) is 0 Å². The monoisotopic (exact) mass is 322 g/mol. The van der Waals surface area contributed by atoms with Gasteiger partial charge in [0.05, 0.1) is 12.7 Å². The maximum atomic E-state index is 9.24. The Labute approximate surface area is 133 Å². The quantitative estimate of drug-likeness (QED) is 0.315. The van der Waals surface area contributed by atoms with Gasteiger partial charge in [0.15, 0.2) is 0 Å². The van der Waals surface area contributed by atoms with Gasteiger partial charge in [-0.3, -0.25) is 5.32 Å². The lowest BCUT2D eigenvalue weighted by molar-refractivity contribution is -0.0704. The van der Waals surface area contributed by atoms with Crippen LogP contribution in [0.25, 0.3) is 0 Å². The summed E-state index contributed by atoms with van der Waals surface area (Å²) in [6.45, 7) is 5.13. The average Bonchev–Trinajstić information content (AvgIpc) is 2.45. The van der Waals surface area contributed by atoms with Gasteiger partial charge in [-0.2, -0.15) is 0 Å². The summed E-state index contributed by atoms with van der Waals surface area (Å²) in [5.41, 5.74) is 0. The van der Waals surface area contributed by atoms with Gasteiger partial charge in [-0.1, -0.05) is 0 Å². The first-order valence-corrected chi connectivity index (χ1v) is 8.74. The van der Waals surface area contributed by atoms with Crippen LogP contribution in [0.4, 0.5) is 0 Å². The Bertz CT molecular complexity index is 216. The zero-order chi connectivity index (χ0) is 15.2. The third kappa shape index (κ3) is 11.3. The van der Waals surface area contributed by atoms with Gasteiger partial charge in [-0.05, 0) is 45.2 Å². The van der Waals surface area contributed by atoms with E-state index in [0.29, 0.717) is 18.7 Å². The lowest BCUT2D eigenvalue weighted by Crippen LogP contribution is -2.41. The van der Waals surface area contributed by atoms with E-state index in [4.69, 9.17) is 21.1 Å². The summed E-state index contributed by atoms with van der Waals surface area (Å²) in [5, 5.41) is 15.8. The second kappa shape index (κ2) is 13.7. The molecule has 0 saturated carbocycles. The van der Waals surface area contributed by atoms with Crippen LogP contribution in [-0.4, -0.2) is 62.8 Å². The van der Waals surface area contributed by atoms with Crippen molar-refractivity contribution in [1.29, 1.82) is 0 Å². The van der Waals surface area contributed by atoms with Gasteiger partial charge in [0, 0.05) is 32.1 Å². The minimum atomic E-state index is -0.437. The van der Waals surface area contributed by atoms with Crippen LogP contribution in [0.3, 0.4) is 0 Å². The zero-order valence-corrected chi connectivity index (χ0v) is 13.7. The third-order valence-corrected chi connectivity index (χ3v) is 3.84. The highest BCUT2D eigenvalue weighted by molar-refractivity contribution is 6.18. The smallest absolute Gasteiger partial charge is 0.110 e. The van der Waals surface area contributed by atoms with Crippen LogP contribution in [0, 0.1) is 0 Å². The van der Waals surface area contributed by atoms with Gasteiger partial charge >= 0.3 is 0 Å². The summed E-state index contributed by atoms with van der Waals surface area (Å²) in [6.07, 6.45) is 6.70. The summed E-state index contributed by atoms with van der Waals surface area (Å²) in [5.74, 6) is 0.291.